The highest BCUT2D eigenvalue weighted by Gasteiger charge is 2.13. The van der Waals surface area contributed by atoms with E-state index in [9.17, 15) is 9.18 Å². The van der Waals surface area contributed by atoms with Gasteiger partial charge in [-0.05, 0) is 42.7 Å². The van der Waals surface area contributed by atoms with E-state index < -0.39 is 0 Å². The van der Waals surface area contributed by atoms with E-state index >= 15 is 0 Å². The number of guanidine groups is 1. The van der Waals surface area contributed by atoms with Crippen LogP contribution in [-0.2, 0) is 17.8 Å². The molecule has 3 rings (SSSR count). The molecule has 158 valence electrons. The number of aliphatic imine (C=N–C) groups is 1. The van der Waals surface area contributed by atoms with Gasteiger partial charge in [-0.25, -0.2) is 4.39 Å². The van der Waals surface area contributed by atoms with Crippen LogP contribution in [0.4, 0.5) is 4.39 Å². The molecule has 0 aliphatic heterocycles. The lowest BCUT2D eigenvalue weighted by atomic mass is 10.1. The number of rotatable bonds is 8. The molecule has 0 aliphatic rings. The summed E-state index contributed by atoms with van der Waals surface area (Å²) in [5.41, 5.74) is 3.05. The van der Waals surface area contributed by atoms with Gasteiger partial charge in [0.1, 0.15) is 5.82 Å². The molecule has 0 bridgehead atoms. The van der Waals surface area contributed by atoms with E-state index in [1.54, 1.807) is 24.1 Å². The largest absolute Gasteiger partial charge is 0.361 e. The molecule has 1 heterocycles. The summed E-state index contributed by atoms with van der Waals surface area (Å²) in [6.07, 6.45) is 2.60. The summed E-state index contributed by atoms with van der Waals surface area (Å²) in [7, 11) is 1.67. The maximum absolute atomic E-state index is 13.5. The number of nitrogens with one attached hydrogen (secondary N) is 3. The number of hydrogen-bond acceptors (Lipinski definition) is 2. The lowest BCUT2D eigenvalue weighted by Crippen LogP contribution is -2.44. The van der Waals surface area contributed by atoms with Crippen LogP contribution in [0.3, 0.4) is 0 Å². The zero-order valence-corrected chi connectivity index (χ0v) is 17.4. The van der Waals surface area contributed by atoms with E-state index in [-0.39, 0.29) is 18.3 Å². The summed E-state index contributed by atoms with van der Waals surface area (Å²) in [6, 6.07) is 14.7. The number of aromatic amines is 1. The van der Waals surface area contributed by atoms with Crippen molar-refractivity contribution in [1.29, 1.82) is 0 Å². The van der Waals surface area contributed by atoms with Crippen molar-refractivity contribution in [2.24, 2.45) is 4.99 Å². The Morgan fingerprint density at radius 3 is 2.70 bits per heavy atom. The zero-order chi connectivity index (χ0) is 21.3. The number of fused-ring (bicyclic) bond motifs is 1. The quantitative estimate of drug-likeness (QED) is 0.396. The molecule has 0 atom stereocenters. The Labute approximate surface area is 176 Å². The van der Waals surface area contributed by atoms with Crippen LogP contribution in [0.2, 0.25) is 0 Å². The fraction of sp³-hybridized carbons (Fsp3) is 0.304. The second-order valence-electron chi connectivity index (χ2n) is 7.00. The Morgan fingerprint density at radius 2 is 1.97 bits per heavy atom. The van der Waals surface area contributed by atoms with Gasteiger partial charge >= 0.3 is 0 Å². The zero-order valence-electron chi connectivity index (χ0n) is 17.4. The van der Waals surface area contributed by atoms with Crippen molar-refractivity contribution < 1.29 is 9.18 Å². The van der Waals surface area contributed by atoms with Gasteiger partial charge in [0.2, 0.25) is 5.91 Å². The number of halogens is 1. The summed E-state index contributed by atoms with van der Waals surface area (Å²) in [5.74, 6) is 0.324. The van der Waals surface area contributed by atoms with E-state index in [4.69, 9.17) is 0 Å². The Balaban J connectivity index is 1.48. The van der Waals surface area contributed by atoms with E-state index in [0.29, 0.717) is 32.0 Å². The number of H-pyrrole nitrogens is 1. The van der Waals surface area contributed by atoms with Crippen LogP contribution in [0.5, 0.6) is 0 Å². The van der Waals surface area contributed by atoms with Crippen molar-refractivity contribution in [3.05, 3.63) is 71.7 Å². The standard InChI is InChI=1S/C23H28FN5O/c1-3-29(16-17-7-5-4-6-8-17)22(30)15-28-23(25-2)26-12-11-18-14-27-21-10-9-19(24)13-20(18)21/h4-10,13-14,27H,3,11-12,15-16H2,1-2H3,(H2,25,26,28). The van der Waals surface area contributed by atoms with Crippen molar-refractivity contribution in [2.75, 3.05) is 26.7 Å². The van der Waals surface area contributed by atoms with Crippen molar-refractivity contribution in [3.63, 3.8) is 0 Å². The third-order valence-corrected chi connectivity index (χ3v) is 5.00. The summed E-state index contributed by atoms with van der Waals surface area (Å²) in [5, 5.41) is 7.17. The molecule has 0 fully saturated rings. The minimum Gasteiger partial charge on any atom is -0.361 e. The molecular formula is C23H28FN5O. The molecule has 1 aromatic heterocycles. The fourth-order valence-electron chi connectivity index (χ4n) is 3.34. The Morgan fingerprint density at radius 1 is 1.17 bits per heavy atom. The number of aromatic nitrogens is 1. The van der Waals surface area contributed by atoms with E-state index in [1.807, 2.05) is 43.5 Å². The van der Waals surface area contributed by atoms with Crippen LogP contribution in [0.1, 0.15) is 18.1 Å². The molecule has 0 unspecified atom stereocenters. The van der Waals surface area contributed by atoms with Crippen LogP contribution in [0.15, 0.2) is 59.7 Å². The molecule has 30 heavy (non-hydrogen) atoms. The van der Waals surface area contributed by atoms with Crippen molar-refractivity contribution in [2.45, 2.75) is 19.9 Å². The summed E-state index contributed by atoms with van der Waals surface area (Å²) in [4.78, 5) is 21.7. The number of benzene rings is 2. The molecule has 0 saturated heterocycles. The number of likely N-dealkylation sites (N-methyl/N-ethyl adjacent to an activating group) is 1. The molecule has 2 aromatic carbocycles. The van der Waals surface area contributed by atoms with Crippen LogP contribution < -0.4 is 10.6 Å². The second-order valence-corrected chi connectivity index (χ2v) is 7.00. The predicted octanol–water partition coefficient (Wildman–Crippen LogP) is 3.06. The Hall–Kier alpha value is -3.35. The molecule has 1 amide bonds. The molecule has 6 nitrogen and oxygen atoms in total. The normalized spacial score (nSPS) is 11.5. The SMILES string of the molecule is CCN(Cc1ccccc1)C(=O)CNC(=NC)NCCc1c[nH]c2ccc(F)cc12. The lowest BCUT2D eigenvalue weighted by Gasteiger charge is -2.22. The first kappa shape index (κ1) is 21.4. The van der Waals surface area contributed by atoms with Gasteiger partial charge in [0.15, 0.2) is 5.96 Å². The molecule has 0 radical (unpaired) electrons. The Bertz CT molecular complexity index is 999. The third kappa shape index (κ3) is 5.59. The third-order valence-electron chi connectivity index (χ3n) is 5.00. The van der Waals surface area contributed by atoms with Gasteiger partial charge in [-0.2, -0.15) is 0 Å². The number of carbonyl (C=O) groups excluding carboxylic acids is 1. The first-order valence-electron chi connectivity index (χ1n) is 10.1. The number of carbonyl (C=O) groups is 1. The maximum atomic E-state index is 13.5. The van der Waals surface area contributed by atoms with Crippen molar-refractivity contribution >= 4 is 22.8 Å². The number of amides is 1. The van der Waals surface area contributed by atoms with Gasteiger partial charge in [0.25, 0.3) is 0 Å². The number of nitrogens with zero attached hydrogens (tertiary/aromatic N) is 2. The molecule has 0 aliphatic carbocycles. The smallest absolute Gasteiger partial charge is 0.242 e. The molecule has 7 heteroatoms. The Kier molecular flexibility index (Phi) is 7.43. The first-order chi connectivity index (χ1) is 14.6. The highest BCUT2D eigenvalue weighted by molar-refractivity contribution is 5.86. The highest BCUT2D eigenvalue weighted by Crippen LogP contribution is 2.19. The van der Waals surface area contributed by atoms with Gasteiger partial charge in [-0.3, -0.25) is 9.79 Å². The van der Waals surface area contributed by atoms with Crippen LogP contribution in [0, 0.1) is 5.82 Å². The molecule has 3 N–H and O–H groups in total. The fourth-order valence-corrected chi connectivity index (χ4v) is 3.34. The number of hydrogen-bond donors (Lipinski definition) is 3. The topological polar surface area (TPSA) is 72.5 Å². The highest BCUT2D eigenvalue weighted by atomic mass is 19.1. The predicted molar refractivity (Wildman–Crippen MR) is 119 cm³/mol. The monoisotopic (exact) mass is 409 g/mol. The molecular weight excluding hydrogens is 381 g/mol. The van der Waals surface area contributed by atoms with Crippen LogP contribution >= 0.6 is 0 Å². The van der Waals surface area contributed by atoms with Gasteiger partial charge in [-0.1, -0.05) is 30.3 Å². The second kappa shape index (κ2) is 10.4. The lowest BCUT2D eigenvalue weighted by molar-refractivity contribution is -0.130. The molecule has 3 aromatic rings. The van der Waals surface area contributed by atoms with Gasteiger partial charge < -0.3 is 20.5 Å². The van der Waals surface area contributed by atoms with Gasteiger partial charge in [0, 0.05) is 43.8 Å². The first-order valence-corrected chi connectivity index (χ1v) is 10.1. The summed E-state index contributed by atoms with van der Waals surface area (Å²) >= 11 is 0. The minimum atomic E-state index is -0.247. The van der Waals surface area contributed by atoms with Crippen molar-refractivity contribution in [1.82, 2.24) is 20.5 Å². The minimum absolute atomic E-state index is 0.0106. The van der Waals surface area contributed by atoms with E-state index in [1.165, 1.54) is 6.07 Å². The average Bonchev–Trinajstić information content (AvgIpc) is 3.16. The van der Waals surface area contributed by atoms with Gasteiger partial charge in [0.05, 0.1) is 6.54 Å². The molecule has 0 spiro atoms. The van der Waals surface area contributed by atoms with Crippen LogP contribution in [-0.4, -0.2) is 48.4 Å². The summed E-state index contributed by atoms with van der Waals surface area (Å²) in [6.45, 7) is 3.97. The molecule has 0 saturated carbocycles. The van der Waals surface area contributed by atoms with Crippen LogP contribution in [0.25, 0.3) is 10.9 Å². The van der Waals surface area contributed by atoms with Gasteiger partial charge in [-0.15, -0.1) is 0 Å². The summed E-state index contributed by atoms with van der Waals surface area (Å²) < 4.78 is 13.5. The average molecular weight is 410 g/mol. The van der Waals surface area contributed by atoms with E-state index in [2.05, 4.69) is 20.6 Å². The van der Waals surface area contributed by atoms with Crippen molar-refractivity contribution in [3.8, 4) is 0 Å². The van der Waals surface area contributed by atoms with E-state index in [0.717, 1.165) is 22.0 Å². The maximum Gasteiger partial charge on any atom is 0.242 e.